The molecule has 0 spiro atoms. The predicted octanol–water partition coefficient (Wildman–Crippen LogP) is 25.9. The van der Waals surface area contributed by atoms with E-state index in [4.69, 9.17) is 14.2 Å². The Bertz CT molecular complexity index is 1380. The molecular weight excluding hydrogens is 1020 g/mol. The minimum Gasteiger partial charge on any atom is -0.462 e. The number of carbonyl (C=O) groups excluding carboxylic acids is 3. The van der Waals surface area contributed by atoms with Crippen molar-refractivity contribution in [2.24, 2.45) is 0 Å². The second kappa shape index (κ2) is 72.1. The van der Waals surface area contributed by atoms with Crippen molar-refractivity contribution < 1.29 is 28.6 Å². The Morgan fingerprint density at radius 3 is 0.675 bits per heavy atom. The summed E-state index contributed by atoms with van der Waals surface area (Å²) in [7, 11) is 0. The maximum Gasteiger partial charge on any atom is 0.306 e. The van der Waals surface area contributed by atoms with E-state index in [2.05, 4.69) is 57.2 Å². The quantitative estimate of drug-likeness (QED) is 0.0261. The highest BCUT2D eigenvalue weighted by Crippen LogP contribution is 2.19. The summed E-state index contributed by atoms with van der Waals surface area (Å²) in [5, 5.41) is 0. The highest BCUT2D eigenvalue weighted by molar-refractivity contribution is 5.71. The van der Waals surface area contributed by atoms with Gasteiger partial charge in [-0.25, -0.2) is 0 Å². The van der Waals surface area contributed by atoms with Crippen LogP contribution >= 0.6 is 0 Å². The Hall–Kier alpha value is -2.37. The molecule has 83 heavy (non-hydrogen) atoms. The number of hydrogen-bond donors (Lipinski definition) is 0. The summed E-state index contributed by atoms with van der Waals surface area (Å²) in [5.41, 5.74) is 0. The molecule has 0 saturated carbocycles. The second-order valence-corrected chi connectivity index (χ2v) is 25.6. The average molecular weight is 1170 g/mol. The van der Waals surface area contributed by atoms with Crippen molar-refractivity contribution >= 4 is 17.9 Å². The fraction of sp³-hybridized carbons (Fsp3) is 0.883. The smallest absolute Gasteiger partial charge is 0.306 e. The monoisotopic (exact) mass is 1170 g/mol. The highest BCUT2D eigenvalue weighted by Gasteiger charge is 2.20. The van der Waals surface area contributed by atoms with Gasteiger partial charge in [0.25, 0.3) is 0 Å². The summed E-state index contributed by atoms with van der Waals surface area (Å²) in [4.78, 5) is 38.5. The average Bonchev–Trinajstić information content (AvgIpc) is 3.49. The SMILES string of the molecule is CCCCCCC/C=C\C/C=C\C/C=C\CCCCCCCCCCCCCCC(=O)OCC(COC(=O)CCCCCCCCCCCCCCCCCCC)OC(=O)CCCCCCCCCCCCCCCCCCCCCCC. The van der Waals surface area contributed by atoms with E-state index >= 15 is 0 Å². The fourth-order valence-corrected chi connectivity index (χ4v) is 11.5. The molecule has 0 amide bonds. The molecule has 1 atom stereocenters. The lowest BCUT2D eigenvalue weighted by Gasteiger charge is -2.18. The molecule has 0 bridgehead atoms. The van der Waals surface area contributed by atoms with Gasteiger partial charge in [-0.1, -0.05) is 378 Å². The summed E-state index contributed by atoms with van der Waals surface area (Å²) in [6.45, 7) is 6.72. The van der Waals surface area contributed by atoms with Gasteiger partial charge in [0.05, 0.1) is 0 Å². The van der Waals surface area contributed by atoms with Gasteiger partial charge in [-0.05, 0) is 57.8 Å². The molecule has 488 valence electrons. The zero-order valence-electron chi connectivity index (χ0n) is 56.2. The van der Waals surface area contributed by atoms with Crippen molar-refractivity contribution in [1.29, 1.82) is 0 Å². The molecule has 0 fully saturated rings. The van der Waals surface area contributed by atoms with Gasteiger partial charge in [0, 0.05) is 19.3 Å². The van der Waals surface area contributed by atoms with Crippen molar-refractivity contribution in [2.45, 2.75) is 425 Å². The van der Waals surface area contributed by atoms with Crippen LogP contribution in [0.1, 0.15) is 419 Å². The molecule has 6 nitrogen and oxygen atoms in total. The van der Waals surface area contributed by atoms with Crippen LogP contribution in [0.3, 0.4) is 0 Å². The molecule has 0 N–H and O–H groups in total. The van der Waals surface area contributed by atoms with E-state index < -0.39 is 6.10 Å². The molecule has 0 saturated heterocycles. The zero-order chi connectivity index (χ0) is 59.9. The number of unbranched alkanes of at least 4 members (excludes halogenated alkanes) is 53. The minimum absolute atomic E-state index is 0.0655. The van der Waals surface area contributed by atoms with Gasteiger partial charge >= 0.3 is 17.9 Å². The first-order valence-electron chi connectivity index (χ1n) is 37.5. The maximum atomic E-state index is 13.0. The first-order valence-corrected chi connectivity index (χ1v) is 37.5. The largest absolute Gasteiger partial charge is 0.462 e. The molecule has 0 aromatic carbocycles. The number of carbonyl (C=O) groups is 3. The fourth-order valence-electron chi connectivity index (χ4n) is 11.5. The van der Waals surface area contributed by atoms with Crippen molar-refractivity contribution in [3.05, 3.63) is 36.5 Å². The summed E-state index contributed by atoms with van der Waals surface area (Å²) >= 11 is 0. The Morgan fingerprint density at radius 2 is 0.434 bits per heavy atom. The Kier molecular flexibility index (Phi) is 70.0. The van der Waals surface area contributed by atoms with Crippen LogP contribution in [-0.4, -0.2) is 37.2 Å². The summed E-state index contributed by atoms with van der Waals surface area (Å²) in [6, 6.07) is 0. The number of rotatable bonds is 70. The van der Waals surface area contributed by atoms with Crippen LogP contribution in [-0.2, 0) is 28.6 Å². The minimum atomic E-state index is -0.770. The van der Waals surface area contributed by atoms with Crippen LogP contribution in [0, 0.1) is 0 Å². The topological polar surface area (TPSA) is 78.9 Å². The van der Waals surface area contributed by atoms with Gasteiger partial charge in [-0.2, -0.15) is 0 Å². The van der Waals surface area contributed by atoms with E-state index in [1.54, 1.807) is 0 Å². The van der Waals surface area contributed by atoms with E-state index in [9.17, 15) is 14.4 Å². The molecule has 0 rings (SSSR count). The van der Waals surface area contributed by atoms with Gasteiger partial charge < -0.3 is 14.2 Å². The molecule has 0 aromatic heterocycles. The molecular formula is C77H144O6. The highest BCUT2D eigenvalue weighted by atomic mass is 16.6. The standard InChI is InChI=1S/C77H144O6/c1-4-7-10-13-16-19-22-25-28-31-33-35-36-37-38-39-40-42-43-46-49-52-55-58-61-64-67-70-76(79)82-73-74(72-81-75(78)69-66-63-60-57-54-51-48-45-30-27-24-21-18-15-12-9-6-3)83-77(80)71-68-65-62-59-56-53-50-47-44-41-34-32-29-26-23-20-17-14-11-8-5-2/h22,25,31,33,36-37,74H,4-21,23-24,26-30,32,34-35,38-73H2,1-3H3/b25-22-,33-31-,37-36-. The lowest BCUT2D eigenvalue weighted by atomic mass is 10.0. The van der Waals surface area contributed by atoms with Crippen LogP contribution in [0.5, 0.6) is 0 Å². The molecule has 1 unspecified atom stereocenters. The van der Waals surface area contributed by atoms with Gasteiger partial charge in [-0.15, -0.1) is 0 Å². The normalized spacial score (nSPS) is 12.2. The predicted molar refractivity (Wildman–Crippen MR) is 362 cm³/mol. The summed E-state index contributed by atoms with van der Waals surface area (Å²) < 4.78 is 17.0. The Labute approximate surface area is 518 Å². The summed E-state index contributed by atoms with van der Waals surface area (Å²) in [5.74, 6) is -0.831. The van der Waals surface area contributed by atoms with E-state index in [1.165, 1.54) is 308 Å². The molecule has 0 aliphatic rings. The first kappa shape index (κ1) is 80.6. The van der Waals surface area contributed by atoms with E-state index in [1.807, 2.05) is 0 Å². The number of allylic oxidation sites excluding steroid dienone is 6. The van der Waals surface area contributed by atoms with Gasteiger partial charge in [0.15, 0.2) is 6.10 Å². The molecule has 0 aromatic rings. The van der Waals surface area contributed by atoms with E-state index in [0.717, 1.165) is 70.6 Å². The van der Waals surface area contributed by atoms with Crippen LogP contribution in [0.15, 0.2) is 36.5 Å². The van der Waals surface area contributed by atoms with Crippen molar-refractivity contribution in [3.63, 3.8) is 0 Å². The van der Waals surface area contributed by atoms with Crippen LogP contribution in [0.25, 0.3) is 0 Å². The molecule has 0 aliphatic heterocycles. The Balaban J connectivity index is 4.27. The Morgan fingerprint density at radius 1 is 0.241 bits per heavy atom. The molecule has 0 aliphatic carbocycles. The molecule has 0 heterocycles. The zero-order valence-corrected chi connectivity index (χ0v) is 56.2. The van der Waals surface area contributed by atoms with Crippen molar-refractivity contribution in [2.75, 3.05) is 13.2 Å². The van der Waals surface area contributed by atoms with Crippen LogP contribution in [0.2, 0.25) is 0 Å². The van der Waals surface area contributed by atoms with E-state index in [0.29, 0.717) is 19.3 Å². The first-order chi connectivity index (χ1) is 41.0. The van der Waals surface area contributed by atoms with E-state index in [-0.39, 0.29) is 31.1 Å². The number of esters is 3. The third kappa shape index (κ3) is 70.3. The number of ether oxygens (including phenoxy) is 3. The van der Waals surface area contributed by atoms with Crippen LogP contribution in [0.4, 0.5) is 0 Å². The van der Waals surface area contributed by atoms with Crippen molar-refractivity contribution in [3.8, 4) is 0 Å². The molecule has 6 heteroatoms. The molecule has 0 radical (unpaired) electrons. The lowest BCUT2D eigenvalue weighted by Crippen LogP contribution is -2.30. The third-order valence-electron chi connectivity index (χ3n) is 17.1. The van der Waals surface area contributed by atoms with Gasteiger partial charge in [-0.3, -0.25) is 14.4 Å². The van der Waals surface area contributed by atoms with Crippen molar-refractivity contribution in [1.82, 2.24) is 0 Å². The third-order valence-corrected chi connectivity index (χ3v) is 17.1. The van der Waals surface area contributed by atoms with Gasteiger partial charge in [0.1, 0.15) is 13.2 Å². The second-order valence-electron chi connectivity index (χ2n) is 25.6. The number of hydrogen-bond acceptors (Lipinski definition) is 6. The maximum absolute atomic E-state index is 13.0. The summed E-state index contributed by atoms with van der Waals surface area (Å²) in [6.07, 6.45) is 90.3. The van der Waals surface area contributed by atoms with Crippen LogP contribution < -0.4 is 0 Å². The lowest BCUT2D eigenvalue weighted by molar-refractivity contribution is -0.167. The van der Waals surface area contributed by atoms with Gasteiger partial charge in [0.2, 0.25) is 0 Å².